The van der Waals surface area contributed by atoms with Crippen LogP contribution in [-0.2, 0) is 0 Å². The summed E-state index contributed by atoms with van der Waals surface area (Å²) in [4.78, 5) is 9.24. The maximum Gasteiger partial charge on any atom is 0.209 e. The van der Waals surface area contributed by atoms with Crippen molar-refractivity contribution in [1.29, 1.82) is 0 Å². The van der Waals surface area contributed by atoms with Gasteiger partial charge < -0.3 is 9.47 Å². The van der Waals surface area contributed by atoms with Crippen LogP contribution in [0.5, 0.6) is 11.5 Å². The van der Waals surface area contributed by atoms with Crippen molar-refractivity contribution in [2.45, 2.75) is 38.0 Å². The second-order valence-corrected chi connectivity index (χ2v) is 8.58. The molecule has 0 atom stereocenters. The lowest BCUT2D eigenvalue weighted by Crippen LogP contribution is -2.04. The molecular formula is C26H28N2O2S. The van der Waals surface area contributed by atoms with Crippen molar-refractivity contribution in [3.63, 3.8) is 0 Å². The lowest BCUT2D eigenvalue weighted by atomic mass is 9.84. The van der Waals surface area contributed by atoms with Gasteiger partial charge in [-0.25, -0.2) is 9.98 Å². The standard InChI is InChI=1S/C26H28N2O2S/c1-3-15-30-24-14-9-19(16-25(24)29-2)17-27-26-28-23(18-31-26)22-12-10-21(11-13-22)20-7-5-4-6-8-20/h3,9-14,16-18,20H,1,4-8,15H2,2H3. The molecule has 2 aromatic carbocycles. The molecule has 0 spiro atoms. The lowest BCUT2D eigenvalue weighted by Gasteiger charge is -2.22. The Morgan fingerprint density at radius 2 is 1.90 bits per heavy atom. The fraction of sp³-hybridized carbons (Fsp3) is 0.308. The molecule has 0 aliphatic heterocycles. The van der Waals surface area contributed by atoms with Gasteiger partial charge in [-0.05, 0) is 48.1 Å². The van der Waals surface area contributed by atoms with E-state index < -0.39 is 0 Å². The topological polar surface area (TPSA) is 43.7 Å². The first kappa shape index (κ1) is 21.3. The molecule has 31 heavy (non-hydrogen) atoms. The quantitative estimate of drug-likeness (QED) is 0.280. The van der Waals surface area contributed by atoms with E-state index in [0.717, 1.165) is 27.9 Å². The molecule has 1 saturated carbocycles. The summed E-state index contributed by atoms with van der Waals surface area (Å²) in [5, 5.41) is 2.80. The van der Waals surface area contributed by atoms with Crippen molar-refractivity contribution < 1.29 is 9.47 Å². The Morgan fingerprint density at radius 1 is 1.10 bits per heavy atom. The molecule has 4 rings (SSSR count). The molecule has 0 amide bonds. The van der Waals surface area contributed by atoms with Gasteiger partial charge in [-0.1, -0.05) is 56.2 Å². The average molecular weight is 433 g/mol. The van der Waals surface area contributed by atoms with Crippen LogP contribution in [0.15, 0.2) is 65.5 Å². The summed E-state index contributed by atoms with van der Waals surface area (Å²) in [5.41, 5.74) is 4.50. The van der Waals surface area contributed by atoms with E-state index in [2.05, 4.69) is 41.2 Å². The van der Waals surface area contributed by atoms with E-state index >= 15 is 0 Å². The van der Waals surface area contributed by atoms with Gasteiger partial charge in [0.05, 0.1) is 12.8 Å². The number of hydrogen-bond acceptors (Lipinski definition) is 5. The van der Waals surface area contributed by atoms with Crippen molar-refractivity contribution >= 4 is 22.7 Å². The molecule has 5 heteroatoms. The van der Waals surface area contributed by atoms with E-state index in [0.29, 0.717) is 18.1 Å². The van der Waals surface area contributed by atoms with Gasteiger partial charge in [-0.15, -0.1) is 11.3 Å². The SMILES string of the molecule is C=CCOc1ccc(C=Nc2nc(-c3ccc(C4CCCCC4)cc3)cs2)cc1OC. The van der Waals surface area contributed by atoms with E-state index in [1.807, 2.05) is 18.2 Å². The number of nitrogens with zero attached hydrogens (tertiary/aromatic N) is 2. The first-order valence-electron chi connectivity index (χ1n) is 10.8. The molecule has 1 heterocycles. The average Bonchev–Trinajstić information content (AvgIpc) is 3.31. The molecule has 3 aromatic rings. The van der Waals surface area contributed by atoms with E-state index in [9.17, 15) is 0 Å². The zero-order valence-electron chi connectivity index (χ0n) is 17.9. The van der Waals surface area contributed by atoms with Gasteiger partial charge in [0.15, 0.2) is 11.5 Å². The molecule has 0 saturated heterocycles. The van der Waals surface area contributed by atoms with Crippen molar-refractivity contribution in [3.05, 3.63) is 71.6 Å². The van der Waals surface area contributed by atoms with Crippen LogP contribution in [0.4, 0.5) is 5.13 Å². The first-order valence-corrected chi connectivity index (χ1v) is 11.7. The van der Waals surface area contributed by atoms with Gasteiger partial charge in [0.2, 0.25) is 5.13 Å². The highest BCUT2D eigenvalue weighted by molar-refractivity contribution is 7.13. The van der Waals surface area contributed by atoms with Crippen molar-refractivity contribution in [2.75, 3.05) is 13.7 Å². The highest BCUT2D eigenvalue weighted by Crippen LogP contribution is 2.34. The van der Waals surface area contributed by atoms with Crippen LogP contribution in [0.1, 0.15) is 49.1 Å². The predicted molar refractivity (Wildman–Crippen MR) is 129 cm³/mol. The molecule has 1 aromatic heterocycles. The summed E-state index contributed by atoms with van der Waals surface area (Å²) in [5.74, 6) is 2.08. The van der Waals surface area contributed by atoms with Crippen molar-refractivity contribution in [1.82, 2.24) is 4.98 Å². The third-order valence-corrected chi connectivity index (χ3v) is 6.39. The number of rotatable bonds is 8. The second kappa shape index (κ2) is 10.4. The maximum atomic E-state index is 5.60. The molecule has 0 radical (unpaired) electrons. The molecule has 1 aliphatic rings. The van der Waals surface area contributed by atoms with Crippen LogP contribution in [0.3, 0.4) is 0 Å². The minimum Gasteiger partial charge on any atom is -0.493 e. The second-order valence-electron chi connectivity index (χ2n) is 7.74. The first-order chi connectivity index (χ1) is 15.3. The molecule has 0 unspecified atom stereocenters. The largest absolute Gasteiger partial charge is 0.493 e. The molecule has 0 N–H and O–H groups in total. The Bertz CT molecular complexity index is 1030. The van der Waals surface area contributed by atoms with Crippen LogP contribution in [-0.4, -0.2) is 24.9 Å². The van der Waals surface area contributed by atoms with E-state index in [1.165, 1.54) is 37.7 Å². The molecule has 0 bridgehead atoms. The Balaban J connectivity index is 1.44. The van der Waals surface area contributed by atoms with Crippen LogP contribution in [0.2, 0.25) is 0 Å². The van der Waals surface area contributed by atoms with Crippen molar-refractivity contribution in [2.24, 2.45) is 4.99 Å². The zero-order valence-corrected chi connectivity index (χ0v) is 18.7. The lowest BCUT2D eigenvalue weighted by molar-refractivity contribution is 0.326. The number of benzene rings is 2. The third kappa shape index (κ3) is 5.42. The van der Waals surface area contributed by atoms with Gasteiger partial charge in [0.25, 0.3) is 0 Å². The van der Waals surface area contributed by atoms with Gasteiger partial charge in [0.1, 0.15) is 6.61 Å². The summed E-state index contributed by atoms with van der Waals surface area (Å²) in [6.45, 7) is 4.11. The molecule has 160 valence electrons. The number of aromatic nitrogens is 1. The van der Waals surface area contributed by atoms with Crippen LogP contribution < -0.4 is 9.47 Å². The Hall–Kier alpha value is -2.92. The summed E-state index contributed by atoms with van der Waals surface area (Å²) in [6, 6.07) is 14.7. The smallest absolute Gasteiger partial charge is 0.209 e. The highest BCUT2D eigenvalue weighted by Gasteiger charge is 2.15. The molecule has 1 aliphatic carbocycles. The van der Waals surface area contributed by atoms with Gasteiger partial charge in [-0.3, -0.25) is 0 Å². The van der Waals surface area contributed by atoms with Crippen LogP contribution >= 0.6 is 11.3 Å². The van der Waals surface area contributed by atoms with Gasteiger partial charge in [0, 0.05) is 17.2 Å². The Morgan fingerprint density at radius 3 is 2.65 bits per heavy atom. The monoisotopic (exact) mass is 432 g/mol. The maximum absolute atomic E-state index is 5.60. The number of hydrogen-bond donors (Lipinski definition) is 0. The van der Waals surface area contributed by atoms with Crippen LogP contribution in [0.25, 0.3) is 11.3 Å². The van der Waals surface area contributed by atoms with Gasteiger partial charge >= 0.3 is 0 Å². The third-order valence-electron chi connectivity index (χ3n) is 5.64. The molecule has 1 fully saturated rings. The fourth-order valence-corrected chi connectivity index (χ4v) is 4.65. The van der Waals surface area contributed by atoms with Crippen molar-refractivity contribution in [3.8, 4) is 22.8 Å². The van der Waals surface area contributed by atoms with E-state index in [4.69, 9.17) is 14.5 Å². The summed E-state index contributed by atoms with van der Waals surface area (Å²) >= 11 is 1.54. The number of ether oxygens (including phenoxy) is 2. The minimum absolute atomic E-state index is 0.438. The molecular weight excluding hydrogens is 404 g/mol. The van der Waals surface area contributed by atoms with E-state index in [-0.39, 0.29) is 0 Å². The fourth-order valence-electron chi connectivity index (χ4n) is 3.98. The highest BCUT2D eigenvalue weighted by atomic mass is 32.1. The van der Waals surface area contributed by atoms with Gasteiger partial charge in [-0.2, -0.15) is 0 Å². The summed E-state index contributed by atoms with van der Waals surface area (Å²) in [7, 11) is 1.63. The van der Waals surface area contributed by atoms with Crippen LogP contribution in [0, 0.1) is 0 Å². The van der Waals surface area contributed by atoms with E-state index in [1.54, 1.807) is 30.7 Å². The summed E-state index contributed by atoms with van der Waals surface area (Å²) in [6.07, 6.45) is 10.2. The zero-order chi connectivity index (χ0) is 21.5. The normalized spacial score (nSPS) is 14.6. The number of thiazole rings is 1. The molecule has 4 nitrogen and oxygen atoms in total. The number of aliphatic imine (C=N–C) groups is 1. The Kier molecular flexibility index (Phi) is 7.15. The Labute approximate surface area is 188 Å². The predicted octanol–water partition coefficient (Wildman–Crippen LogP) is 7.18. The number of methoxy groups -OCH3 is 1. The minimum atomic E-state index is 0.438. The summed E-state index contributed by atoms with van der Waals surface area (Å²) < 4.78 is 11.0.